The molecule has 0 amide bonds. The number of anilines is 1. The van der Waals surface area contributed by atoms with Crippen LogP contribution in [0.15, 0.2) is 18.2 Å². The predicted molar refractivity (Wildman–Crippen MR) is 77.5 cm³/mol. The fourth-order valence-corrected chi connectivity index (χ4v) is 2.16. The van der Waals surface area contributed by atoms with Gasteiger partial charge in [-0.3, -0.25) is 0 Å². The summed E-state index contributed by atoms with van der Waals surface area (Å²) in [5.74, 6) is -0.342. The Balaban J connectivity index is 2.40. The summed E-state index contributed by atoms with van der Waals surface area (Å²) in [7, 11) is 1.54. The fraction of sp³-hybridized carbons (Fsp3) is 0.400. The number of aromatic nitrogens is 1. The minimum absolute atomic E-state index is 0.252. The summed E-state index contributed by atoms with van der Waals surface area (Å²) in [6, 6.07) is 4.88. The summed E-state index contributed by atoms with van der Waals surface area (Å²) in [6.45, 7) is 4.36. The summed E-state index contributed by atoms with van der Waals surface area (Å²) in [5, 5.41) is 13.6. The van der Waals surface area contributed by atoms with Crippen molar-refractivity contribution in [3.05, 3.63) is 35.3 Å². The summed E-state index contributed by atoms with van der Waals surface area (Å²) < 4.78 is 18.7. The van der Waals surface area contributed by atoms with Gasteiger partial charge >= 0.3 is 0 Å². The highest BCUT2D eigenvalue weighted by Crippen LogP contribution is 2.29. The Kier molecular flexibility index (Phi) is 4.52. The molecule has 0 aliphatic carbocycles. The number of pyridine rings is 1. The molecular weight excluding hydrogens is 259 g/mol. The topological polar surface area (TPSA) is 54.4 Å². The third kappa shape index (κ3) is 2.89. The van der Waals surface area contributed by atoms with Gasteiger partial charge in [-0.25, -0.2) is 9.37 Å². The van der Waals surface area contributed by atoms with Gasteiger partial charge in [0.15, 0.2) is 0 Å². The lowest BCUT2D eigenvalue weighted by atomic mass is 10.1. The normalized spacial score (nSPS) is 12.7. The minimum atomic E-state index is -0.614. The molecule has 0 saturated carbocycles. The molecule has 1 heterocycles. The van der Waals surface area contributed by atoms with E-state index in [1.165, 1.54) is 13.2 Å². The molecular formula is C15H19FN2O2. The van der Waals surface area contributed by atoms with Gasteiger partial charge in [0.25, 0.3) is 0 Å². The summed E-state index contributed by atoms with van der Waals surface area (Å²) in [5.41, 5.74) is 2.88. The molecule has 0 bridgehead atoms. The summed E-state index contributed by atoms with van der Waals surface area (Å²) in [4.78, 5) is 4.30. The van der Waals surface area contributed by atoms with Crippen molar-refractivity contribution >= 4 is 16.6 Å². The van der Waals surface area contributed by atoms with Crippen LogP contribution in [0.4, 0.5) is 10.1 Å². The van der Waals surface area contributed by atoms with Crippen molar-refractivity contribution in [1.82, 2.24) is 4.98 Å². The van der Waals surface area contributed by atoms with Gasteiger partial charge in [0.2, 0.25) is 0 Å². The van der Waals surface area contributed by atoms with E-state index < -0.39 is 6.10 Å². The Morgan fingerprint density at radius 2 is 2.15 bits per heavy atom. The van der Waals surface area contributed by atoms with E-state index >= 15 is 0 Å². The largest absolute Gasteiger partial charge is 0.389 e. The van der Waals surface area contributed by atoms with Gasteiger partial charge in [0.05, 0.1) is 12.7 Å². The van der Waals surface area contributed by atoms with Gasteiger partial charge in [-0.05, 0) is 25.5 Å². The van der Waals surface area contributed by atoms with Gasteiger partial charge in [-0.15, -0.1) is 0 Å². The molecule has 5 heteroatoms. The second-order valence-corrected chi connectivity index (χ2v) is 4.82. The lowest BCUT2D eigenvalue weighted by Gasteiger charge is -2.17. The van der Waals surface area contributed by atoms with Gasteiger partial charge < -0.3 is 15.2 Å². The first kappa shape index (κ1) is 14.7. The van der Waals surface area contributed by atoms with E-state index in [1.807, 2.05) is 19.9 Å². The molecule has 0 saturated heterocycles. The Hall–Kier alpha value is -1.72. The fourth-order valence-electron chi connectivity index (χ4n) is 2.16. The lowest BCUT2D eigenvalue weighted by Crippen LogP contribution is -2.24. The van der Waals surface area contributed by atoms with Crippen LogP contribution in [0.25, 0.3) is 10.9 Å². The quantitative estimate of drug-likeness (QED) is 0.882. The number of aliphatic hydroxyl groups excluding tert-OH is 1. The maximum atomic E-state index is 13.8. The van der Waals surface area contributed by atoms with E-state index in [0.717, 1.165) is 22.3 Å². The number of nitrogens with zero attached hydrogens (tertiary/aromatic N) is 1. The molecule has 20 heavy (non-hydrogen) atoms. The average Bonchev–Trinajstić information content (AvgIpc) is 2.41. The zero-order valence-electron chi connectivity index (χ0n) is 11.9. The summed E-state index contributed by atoms with van der Waals surface area (Å²) >= 11 is 0. The SMILES string of the molecule is COC[C@@H](O)CNc1c(C)c(C)nc2c(F)cccc12. The van der Waals surface area contributed by atoms with Crippen LogP contribution in [-0.2, 0) is 4.74 Å². The van der Waals surface area contributed by atoms with Gasteiger partial charge in [-0.1, -0.05) is 12.1 Å². The molecule has 0 radical (unpaired) electrons. The Labute approximate surface area is 117 Å². The molecule has 2 N–H and O–H groups in total. The molecule has 0 unspecified atom stereocenters. The van der Waals surface area contributed by atoms with Crippen molar-refractivity contribution in [2.75, 3.05) is 25.6 Å². The number of hydrogen-bond donors (Lipinski definition) is 2. The van der Waals surface area contributed by atoms with Crippen molar-refractivity contribution in [3.8, 4) is 0 Å². The van der Waals surface area contributed by atoms with Crippen LogP contribution in [0.1, 0.15) is 11.3 Å². The van der Waals surface area contributed by atoms with Crippen LogP contribution >= 0.6 is 0 Å². The second kappa shape index (κ2) is 6.15. The maximum Gasteiger partial charge on any atom is 0.149 e. The zero-order valence-corrected chi connectivity index (χ0v) is 11.9. The smallest absolute Gasteiger partial charge is 0.149 e. The number of aryl methyl sites for hydroxylation is 1. The van der Waals surface area contributed by atoms with Crippen LogP contribution in [0.2, 0.25) is 0 Å². The first-order valence-corrected chi connectivity index (χ1v) is 6.51. The number of methoxy groups -OCH3 is 1. The molecule has 1 aromatic heterocycles. The van der Waals surface area contributed by atoms with Gasteiger partial charge in [-0.2, -0.15) is 0 Å². The second-order valence-electron chi connectivity index (χ2n) is 4.82. The number of rotatable bonds is 5. The molecule has 1 atom stereocenters. The molecule has 0 aliphatic rings. The molecule has 2 aromatic rings. The van der Waals surface area contributed by atoms with Crippen molar-refractivity contribution in [3.63, 3.8) is 0 Å². The summed E-state index contributed by atoms with van der Waals surface area (Å²) in [6.07, 6.45) is -0.614. The van der Waals surface area contributed by atoms with Crippen molar-refractivity contribution in [1.29, 1.82) is 0 Å². The molecule has 0 spiro atoms. The average molecular weight is 278 g/mol. The molecule has 2 rings (SSSR count). The van der Waals surface area contributed by atoms with E-state index in [4.69, 9.17) is 4.74 Å². The third-order valence-electron chi connectivity index (χ3n) is 3.33. The van der Waals surface area contributed by atoms with E-state index in [2.05, 4.69) is 10.3 Å². The molecule has 0 aliphatic heterocycles. The Morgan fingerprint density at radius 1 is 1.40 bits per heavy atom. The van der Waals surface area contributed by atoms with Crippen LogP contribution < -0.4 is 5.32 Å². The molecule has 0 fully saturated rings. The van der Waals surface area contributed by atoms with Crippen LogP contribution in [-0.4, -0.2) is 36.5 Å². The Bertz CT molecular complexity index is 616. The highest BCUT2D eigenvalue weighted by atomic mass is 19.1. The number of fused-ring (bicyclic) bond motifs is 1. The highest BCUT2D eigenvalue weighted by molar-refractivity contribution is 5.93. The van der Waals surface area contributed by atoms with Crippen LogP contribution in [0.5, 0.6) is 0 Å². The lowest BCUT2D eigenvalue weighted by molar-refractivity contribution is 0.0728. The number of nitrogens with one attached hydrogen (secondary N) is 1. The predicted octanol–water partition coefficient (Wildman–Crippen LogP) is 2.41. The molecule has 1 aromatic carbocycles. The van der Waals surface area contributed by atoms with Gasteiger partial charge in [0, 0.05) is 30.4 Å². The monoisotopic (exact) mass is 278 g/mol. The maximum absolute atomic E-state index is 13.8. The van der Waals surface area contributed by atoms with Crippen molar-refractivity contribution < 1.29 is 14.2 Å². The van der Waals surface area contributed by atoms with E-state index in [9.17, 15) is 9.50 Å². The Morgan fingerprint density at radius 3 is 2.85 bits per heavy atom. The highest BCUT2D eigenvalue weighted by Gasteiger charge is 2.13. The van der Waals surface area contributed by atoms with E-state index in [0.29, 0.717) is 12.1 Å². The molecule has 108 valence electrons. The molecule has 4 nitrogen and oxygen atoms in total. The van der Waals surface area contributed by atoms with Gasteiger partial charge in [0.1, 0.15) is 11.3 Å². The number of hydrogen-bond acceptors (Lipinski definition) is 4. The van der Waals surface area contributed by atoms with E-state index in [-0.39, 0.29) is 12.4 Å². The van der Waals surface area contributed by atoms with Crippen molar-refractivity contribution in [2.24, 2.45) is 0 Å². The third-order valence-corrected chi connectivity index (χ3v) is 3.33. The zero-order chi connectivity index (χ0) is 14.7. The first-order chi connectivity index (χ1) is 9.54. The minimum Gasteiger partial charge on any atom is -0.389 e. The number of ether oxygens (including phenoxy) is 1. The number of para-hydroxylation sites is 1. The number of halogens is 1. The standard InChI is InChI=1S/C15H19FN2O2/c1-9-10(2)18-15-12(5-4-6-13(15)16)14(9)17-7-11(19)8-20-3/h4-6,11,19H,7-8H2,1-3H3,(H,17,18)/t11-/m0/s1. The van der Waals surface area contributed by atoms with Crippen molar-refractivity contribution in [2.45, 2.75) is 20.0 Å². The van der Waals surface area contributed by atoms with E-state index in [1.54, 1.807) is 6.07 Å². The first-order valence-electron chi connectivity index (χ1n) is 6.51. The number of benzene rings is 1. The van der Waals surface area contributed by atoms with Crippen LogP contribution in [0, 0.1) is 19.7 Å². The number of aliphatic hydroxyl groups is 1. The van der Waals surface area contributed by atoms with Crippen LogP contribution in [0.3, 0.4) is 0 Å².